The summed E-state index contributed by atoms with van der Waals surface area (Å²) in [5, 5.41) is 12.6. The van der Waals surface area contributed by atoms with Gasteiger partial charge < -0.3 is 0 Å². The fourth-order valence-electron chi connectivity index (χ4n) is 1.88. The zero-order valence-electron chi connectivity index (χ0n) is 9.57. The molecular weight excluding hydrogens is 234 g/mol. The summed E-state index contributed by atoms with van der Waals surface area (Å²) < 4.78 is 1.14. The smallest absolute Gasteiger partial charge is 0.102 e. The highest BCUT2D eigenvalue weighted by Crippen LogP contribution is 2.37. The highest BCUT2D eigenvalue weighted by molar-refractivity contribution is 7.98. The first kappa shape index (κ1) is 11.5. The van der Waals surface area contributed by atoms with Gasteiger partial charge in [-0.3, -0.25) is 0 Å². The number of thiophene rings is 1. The zero-order chi connectivity index (χ0) is 11.7. The lowest BCUT2D eigenvalue weighted by atomic mass is 9.98. The first-order valence-corrected chi connectivity index (χ1v) is 7.27. The van der Waals surface area contributed by atoms with Gasteiger partial charge >= 0.3 is 0 Å². The molecule has 82 valence electrons. The molecule has 1 aromatic heterocycles. The summed E-state index contributed by atoms with van der Waals surface area (Å²) in [4.78, 5) is 1.10. The maximum Gasteiger partial charge on any atom is 0.102 e. The summed E-state index contributed by atoms with van der Waals surface area (Å²) >= 11 is 3.32. The Morgan fingerprint density at radius 1 is 1.44 bits per heavy atom. The second-order valence-corrected chi connectivity index (χ2v) is 5.74. The molecule has 0 unspecified atom stereocenters. The molecule has 0 atom stereocenters. The molecule has 0 bridgehead atoms. The van der Waals surface area contributed by atoms with Crippen LogP contribution in [0.25, 0.3) is 10.1 Å². The van der Waals surface area contributed by atoms with Gasteiger partial charge in [0, 0.05) is 4.90 Å². The van der Waals surface area contributed by atoms with Crippen molar-refractivity contribution in [2.75, 3.05) is 6.26 Å². The van der Waals surface area contributed by atoms with Crippen molar-refractivity contribution in [3.63, 3.8) is 0 Å². The Morgan fingerprint density at radius 2 is 2.19 bits per heavy atom. The fraction of sp³-hybridized carbons (Fsp3) is 0.308. The van der Waals surface area contributed by atoms with Gasteiger partial charge in [0.15, 0.2) is 0 Å². The predicted molar refractivity (Wildman–Crippen MR) is 72.4 cm³/mol. The number of hydrogen-bond acceptors (Lipinski definition) is 3. The fourth-order valence-corrected chi connectivity index (χ4v) is 3.47. The van der Waals surface area contributed by atoms with E-state index in [1.807, 2.05) is 6.26 Å². The van der Waals surface area contributed by atoms with Crippen LogP contribution in [0.2, 0.25) is 0 Å². The van der Waals surface area contributed by atoms with Gasteiger partial charge in [-0.2, -0.15) is 5.26 Å². The van der Waals surface area contributed by atoms with Gasteiger partial charge in [0.1, 0.15) is 6.07 Å². The Balaban J connectivity index is 2.86. The van der Waals surface area contributed by atoms with Crippen molar-refractivity contribution in [1.82, 2.24) is 0 Å². The van der Waals surface area contributed by atoms with Crippen molar-refractivity contribution in [2.24, 2.45) is 0 Å². The maximum atomic E-state index is 9.24. The molecule has 1 heterocycles. The Kier molecular flexibility index (Phi) is 3.22. The van der Waals surface area contributed by atoms with E-state index in [4.69, 9.17) is 0 Å². The molecular formula is C13H13NS2. The molecule has 3 heteroatoms. The van der Waals surface area contributed by atoms with Crippen LogP contribution in [0.15, 0.2) is 22.4 Å². The van der Waals surface area contributed by atoms with Gasteiger partial charge in [0.25, 0.3) is 0 Å². The largest absolute Gasteiger partial charge is 0.192 e. The maximum absolute atomic E-state index is 9.24. The summed E-state index contributed by atoms with van der Waals surface area (Å²) in [5.74, 6) is 0.496. The van der Waals surface area contributed by atoms with Gasteiger partial charge in [-0.25, -0.2) is 0 Å². The van der Waals surface area contributed by atoms with Gasteiger partial charge in [-0.1, -0.05) is 13.8 Å². The van der Waals surface area contributed by atoms with Crippen LogP contribution in [0.1, 0.15) is 30.9 Å². The van der Waals surface area contributed by atoms with E-state index in [-0.39, 0.29) is 0 Å². The molecule has 16 heavy (non-hydrogen) atoms. The van der Waals surface area contributed by atoms with Crippen molar-refractivity contribution in [1.29, 1.82) is 5.26 Å². The highest BCUT2D eigenvalue weighted by Gasteiger charge is 2.14. The quantitative estimate of drug-likeness (QED) is 0.723. The molecule has 0 amide bonds. The van der Waals surface area contributed by atoms with E-state index in [0.717, 1.165) is 15.2 Å². The van der Waals surface area contributed by atoms with Crippen molar-refractivity contribution >= 4 is 33.2 Å². The highest BCUT2D eigenvalue weighted by atomic mass is 32.2. The van der Waals surface area contributed by atoms with Gasteiger partial charge in [0.2, 0.25) is 0 Å². The topological polar surface area (TPSA) is 23.8 Å². The van der Waals surface area contributed by atoms with Crippen LogP contribution < -0.4 is 0 Å². The molecule has 0 aliphatic heterocycles. The van der Waals surface area contributed by atoms with Crippen molar-refractivity contribution < 1.29 is 0 Å². The Bertz CT molecular complexity index is 561. The van der Waals surface area contributed by atoms with E-state index in [1.54, 1.807) is 23.1 Å². The van der Waals surface area contributed by atoms with E-state index < -0.39 is 0 Å². The second kappa shape index (κ2) is 4.48. The SMILES string of the molecule is CSc1cc(C(C)C)c2ccsc2c1C#N. The standard InChI is InChI=1S/C13H13NS2/c1-8(2)10-6-12(15-3)11(7-14)13-9(10)4-5-16-13/h4-6,8H,1-3H3. The van der Waals surface area contributed by atoms with Crippen molar-refractivity contribution in [2.45, 2.75) is 24.7 Å². The van der Waals surface area contributed by atoms with Gasteiger partial charge in [-0.05, 0) is 40.6 Å². The Labute approximate surface area is 104 Å². The minimum absolute atomic E-state index is 0.496. The number of nitrogens with zero attached hydrogens (tertiary/aromatic N) is 1. The summed E-state index contributed by atoms with van der Waals surface area (Å²) in [6, 6.07) is 6.63. The lowest BCUT2D eigenvalue weighted by Crippen LogP contribution is -1.91. The molecule has 0 spiro atoms. The lowest BCUT2D eigenvalue weighted by molar-refractivity contribution is 0.872. The molecule has 0 N–H and O–H groups in total. The molecule has 0 saturated heterocycles. The van der Waals surface area contributed by atoms with Crippen LogP contribution >= 0.6 is 23.1 Å². The third kappa shape index (κ3) is 1.73. The zero-order valence-corrected chi connectivity index (χ0v) is 11.2. The average molecular weight is 247 g/mol. The number of rotatable bonds is 2. The summed E-state index contributed by atoms with van der Waals surface area (Å²) in [5.41, 5.74) is 2.18. The van der Waals surface area contributed by atoms with E-state index in [2.05, 4.69) is 37.4 Å². The van der Waals surface area contributed by atoms with Crippen LogP contribution in [-0.4, -0.2) is 6.26 Å². The minimum Gasteiger partial charge on any atom is -0.192 e. The van der Waals surface area contributed by atoms with Crippen molar-refractivity contribution in [3.8, 4) is 6.07 Å². The summed E-state index contributed by atoms with van der Waals surface area (Å²) in [6.07, 6.45) is 2.03. The number of benzene rings is 1. The van der Waals surface area contributed by atoms with E-state index in [9.17, 15) is 5.26 Å². The van der Waals surface area contributed by atoms with Crippen LogP contribution in [0.4, 0.5) is 0 Å². The molecule has 2 rings (SSSR count). The van der Waals surface area contributed by atoms with Crippen LogP contribution in [-0.2, 0) is 0 Å². The average Bonchev–Trinajstić information content (AvgIpc) is 2.74. The first-order chi connectivity index (χ1) is 7.69. The van der Waals surface area contributed by atoms with Crippen LogP contribution in [0.5, 0.6) is 0 Å². The van der Waals surface area contributed by atoms with Crippen LogP contribution in [0, 0.1) is 11.3 Å². The molecule has 2 aromatic rings. The number of hydrogen-bond donors (Lipinski definition) is 0. The molecule has 0 saturated carbocycles. The molecule has 0 aliphatic rings. The Morgan fingerprint density at radius 3 is 2.75 bits per heavy atom. The molecule has 0 radical (unpaired) electrons. The predicted octanol–water partition coefficient (Wildman–Crippen LogP) is 4.62. The minimum atomic E-state index is 0.496. The van der Waals surface area contributed by atoms with E-state index >= 15 is 0 Å². The van der Waals surface area contributed by atoms with Gasteiger partial charge in [-0.15, -0.1) is 23.1 Å². The third-order valence-electron chi connectivity index (χ3n) is 2.69. The lowest BCUT2D eigenvalue weighted by Gasteiger charge is -2.11. The second-order valence-electron chi connectivity index (χ2n) is 3.97. The monoisotopic (exact) mass is 247 g/mol. The normalized spacial score (nSPS) is 10.9. The molecule has 0 aliphatic carbocycles. The number of thioether (sulfide) groups is 1. The summed E-state index contributed by atoms with van der Waals surface area (Å²) in [7, 11) is 0. The van der Waals surface area contributed by atoms with E-state index in [1.165, 1.54) is 10.9 Å². The molecule has 0 fully saturated rings. The number of fused-ring (bicyclic) bond motifs is 1. The summed E-state index contributed by atoms with van der Waals surface area (Å²) in [6.45, 7) is 4.39. The van der Waals surface area contributed by atoms with E-state index in [0.29, 0.717) is 5.92 Å². The molecule has 1 aromatic carbocycles. The number of nitriles is 1. The third-order valence-corrected chi connectivity index (χ3v) is 4.38. The van der Waals surface area contributed by atoms with Crippen molar-refractivity contribution in [3.05, 3.63) is 28.6 Å². The molecule has 1 nitrogen and oxygen atoms in total. The first-order valence-electron chi connectivity index (χ1n) is 5.17. The van der Waals surface area contributed by atoms with Gasteiger partial charge in [0.05, 0.1) is 10.3 Å². The van der Waals surface area contributed by atoms with Crippen LogP contribution in [0.3, 0.4) is 0 Å². The Hall–Kier alpha value is -0.980.